The molecule has 31 heavy (non-hydrogen) atoms. The van der Waals surface area contributed by atoms with Crippen molar-refractivity contribution in [1.82, 2.24) is 19.8 Å². The smallest absolute Gasteiger partial charge is 0.270 e. The largest absolute Gasteiger partial charge is 0.355 e. The summed E-state index contributed by atoms with van der Waals surface area (Å²) in [6.45, 7) is 3.92. The predicted molar refractivity (Wildman–Crippen MR) is 120 cm³/mol. The zero-order valence-corrected chi connectivity index (χ0v) is 17.8. The second-order valence-electron chi connectivity index (χ2n) is 8.10. The molecule has 3 aromatic rings. The lowest BCUT2D eigenvalue weighted by Crippen LogP contribution is -2.44. The van der Waals surface area contributed by atoms with Gasteiger partial charge in [-0.2, -0.15) is 0 Å². The van der Waals surface area contributed by atoms with Crippen molar-refractivity contribution in [2.45, 2.75) is 25.7 Å². The highest BCUT2D eigenvalue weighted by Crippen LogP contribution is 2.21. The van der Waals surface area contributed by atoms with Crippen LogP contribution in [0.3, 0.4) is 0 Å². The number of aromatic nitrogens is 2. The minimum Gasteiger partial charge on any atom is -0.355 e. The van der Waals surface area contributed by atoms with Crippen molar-refractivity contribution in [3.63, 3.8) is 0 Å². The van der Waals surface area contributed by atoms with Crippen LogP contribution in [0.1, 0.15) is 41.7 Å². The standard InChI is InChI=1S/C25H28N4O2/c1-19(20-7-3-2-4-8-20)17-27-24(30)21-11-15-28(16-12-21)25(31)23-10-6-14-29(23)22-9-5-13-26-18-22/h2-10,13-14,18-19,21H,11-12,15-17H2,1H3,(H,27,30)/t19-/m0/s1. The average molecular weight is 417 g/mol. The number of carbonyl (C=O) groups excluding carboxylic acids is 2. The van der Waals surface area contributed by atoms with Crippen molar-refractivity contribution in [3.05, 3.63) is 84.4 Å². The predicted octanol–water partition coefficient (Wildman–Crippen LogP) is 3.64. The molecular formula is C25H28N4O2. The monoisotopic (exact) mass is 416 g/mol. The molecule has 0 saturated carbocycles. The van der Waals surface area contributed by atoms with Crippen LogP contribution < -0.4 is 5.32 Å². The van der Waals surface area contributed by atoms with Gasteiger partial charge in [-0.3, -0.25) is 14.6 Å². The molecule has 0 unspecified atom stereocenters. The molecule has 3 heterocycles. The van der Waals surface area contributed by atoms with Crippen LogP contribution in [0.4, 0.5) is 0 Å². The Morgan fingerprint density at radius 1 is 1.06 bits per heavy atom. The van der Waals surface area contributed by atoms with Gasteiger partial charge in [0.05, 0.1) is 11.9 Å². The third kappa shape index (κ3) is 4.85. The van der Waals surface area contributed by atoms with Crippen molar-refractivity contribution in [2.75, 3.05) is 19.6 Å². The second kappa shape index (κ2) is 9.60. The average Bonchev–Trinajstić information content (AvgIpc) is 3.33. The van der Waals surface area contributed by atoms with Gasteiger partial charge in [-0.25, -0.2) is 0 Å². The fraction of sp³-hybridized carbons (Fsp3) is 0.320. The zero-order chi connectivity index (χ0) is 21.6. The molecule has 1 atom stereocenters. The fourth-order valence-corrected chi connectivity index (χ4v) is 4.08. The highest BCUT2D eigenvalue weighted by molar-refractivity contribution is 5.93. The van der Waals surface area contributed by atoms with E-state index in [0.717, 1.165) is 5.69 Å². The van der Waals surface area contributed by atoms with Gasteiger partial charge in [-0.1, -0.05) is 37.3 Å². The number of pyridine rings is 1. The number of hydrogen-bond acceptors (Lipinski definition) is 3. The maximum Gasteiger partial charge on any atom is 0.270 e. The third-order valence-electron chi connectivity index (χ3n) is 6.00. The minimum absolute atomic E-state index is 0.00888. The van der Waals surface area contributed by atoms with E-state index in [1.165, 1.54) is 5.56 Å². The molecular weight excluding hydrogens is 388 g/mol. The maximum atomic E-state index is 13.1. The highest BCUT2D eigenvalue weighted by atomic mass is 16.2. The Bertz CT molecular complexity index is 1010. The van der Waals surface area contributed by atoms with E-state index in [2.05, 4.69) is 29.4 Å². The van der Waals surface area contributed by atoms with Gasteiger partial charge in [0.2, 0.25) is 5.91 Å². The summed E-state index contributed by atoms with van der Waals surface area (Å²) in [6.07, 6.45) is 6.70. The van der Waals surface area contributed by atoms with Gasteiger partial charge in [0.15, 0.2) is 0 Å². The molecule has 1 aliphatic heterocycles. The van der Waals surface area contributed by atoms with Crippen LogP contribution in [0.25, 0.3) is 5.69 Å². The van der Waals surface area contributed by atoms with Gasteiger partial charge in [0.1, 0.15) is 5.69 Å². The number of amides is 2. The highest BCUT2D eigenvalue weighted by Gasteiger charge is 2.29. The zero-order valence-electron chi connectivity index (χ0n) is 17.8. The van der Waals surface area contributed by atoms with E-state index >= 15 is 0 Å². The Morgan fingerprint density at radius 3 is 2.55 bits per heavy atom. The van der Waals surface area contributed by atoms with Crippen LogP contribution in [0.2, 0.25) is 0 Å². The third-order valence-corrected chi connectivity index (χ3v) is 6.00. The molecule has 6 nitrogen and oxygen atoms in total. The lowest BCUT2D eigenvalue weighted by molar-refractivity contribution is -0.126. The SMILES string of the molecule is C[C@@H](CNC(=O)C1CCN(C(=O)c2cccn2-c2cccnc2)CC1)c1ccccc1. The van der Waals surface area contributed by atoms with Crippen molar-refractivity contribution < 1.29 is 9.59 Å². The second-order valence-corrected chi connectivity index (χ2v) is 8.10. The number of piperidine rings is 1. The lowest BCUT2D eigenvalue weighted by atomic mass is 9.95. The quantitative estimate of drug-likeness (QED) is 0.667. The van der Waals surface area contributed by atoms with Crippen molar-refractivity contribution >= 4 is 11.8 Å². The summed E-state index contributed by atoms with van der Waals surface area (Å²) in [7, 11) is 0. The summed E-state index contributed by atoms with van der Waals surface area (Å²) in [4.78, 5) is 31.7. The molecule has 0 aliphatic carbocycles. The van der Waals surface area contributed by atoms with E-state index in [9.17, 15) is 9.59 Å². The maximum absolute atomic E-state index is 13.1. The summed E-state index contributed by atoms with van der Waals surface area (Å²) in [5.41, 5.74) is 2.70. The van der Waals surface area contributed by atoms with Gasteiger partial charge >= 0.3 is 0 Å². The normalized spacial score (nSPS) is 15.5. The molecule has 1 fully saturated rings. The van der Waals surface area contributed by atoms with Gasteiger partial charge in [0, 0.05) is 37.9 Å². The number of benzene rings is 1. The van der Waals surface area contributed by atoms with E-state index in [-0.39, 0.29) is 23.7 Å². The molecule has 0 bridgehead atoms. The van der Waals surface area contributed by atoms with Crippen molar-refractivity contribution in [2.24, 2.45) is 5.92 Å². The molecule has 160 valence electrons. The molecule has 1 N–H and O–H groups in total. The Labute approximate surface area is 182 Å². The summed E-state index contributed by atoms with van der Waals surface area (Å²) < 4.78 is 1.86. The van der Waals surface area contributed by atoms with Crippen LogP contribution in [0.15, 0.2) is 73.2 Å². The summed E-state index contributed by atoms with van der Waals surface area (Å²) in [5, 5.41) is 3.10. The molecule has 0 spiro atoms. The van der Waals surface area contributed by atoms with Crippen LogP contribution in [0, 0.1) is 5.92 Å². The molecule has 1 aromatic carbocycles. The molecule has 2 aromatic heterocycles. The van der Waals surface area contributed by atoms with E-state index in [1.54, 1.807) is 12.4 Å². The molecule has 0 radical (unpaired) electrons. The Kier molecular flexibility index (Phi) is 6.46. The van der Waals surface area contributed by atoms with Gasteiger partial charge in [0.25, 0.3) is 5.91 Å². The van der Waals surface area contributed by atoms with E-state index in [1.807, 2.05) is 58.1 Å². The Balaban J connectivity index is 1.30. The number of likely N-dealkylation sites (tertiary alicyclic amines) is 1. The van der Waals surface area contributed by atoms with Gasteiger partial charge < -0.3 is 14.8 Å². The first-order valence-corrected chi connectivity index (χ1v) is 10.8. The number of carbonyl (C=O) groups is 2. The number of nitrogens with zero attached hydrogens (tertiary/aromatic N) is 3. The molecule has 6 heteroatoms. The van der Waals surface area contributed by atoms with Crippen LogP contribution >= 0.6 is 0 Å². The topological polar surface area (TPSA) is 67.2 Å². The van der Waals surface area contributed by atoms with Crippen LogP contribution in [-0.4, -0.2) is 45.9 Å². The van der Waals surface area contributed by atoms with Crippen molar-refractivity contribution in [3.8, 4) is 5.69 Å². The van der Waals surface area contributed by atoms with E-state index < -0.39 is 0 Å². The fourth-order valence-electron chi connectivity index (χ4n) is 4.08. The van der Waals surface area contributed by atoms with Crippen molar-refractivity contribution in [1.29, 1.82) is 0 Å². The molecule has 1 saturated heterocycles. The first-order valence-electron chi connectivity index (χ1n) is 10.8. The number of nitrogens with one attached hydrogen (secondary N) is 1. The van der Waals surface area contributed by atoms with Crippen LogP contribution in [-0.2, 0) is 4.79 Å². The Hall–Kier alpha value is -3.41. The van der Waals surface area contributed by atoms with E-state index in [0.29, 0.717) is 38.2 Å². The molecule has 1 aliphatic rings. The van der Waals surface area contributed by atoms with E-state index in [4.69, 9.17) is 0 Å². The minimum atomic E-state index is -0.0443. The van der Waals surface area contributed by atoms with Crippen LogP contribution in [0.5, 0.6) is 0 Å². The number of hydrogen-bond donors (Lipinski definition) is 1. The number of rotatable bonds is 6. The van der Waals surface area contributed by atoms with Gasteiger partial charge in [-0.05, 0) is 48.6 Å². The molecule has 4 rings (SSSR count). The summed E-state index contributed by atoms with van der Waals surface area (Å²) >= 11 is 0. The lowest BCUT2D eigenvalue weighted by Gasteiger charge is -2.31. The Morgan fingerprint density at radius 2 is 1.84 bits per heavy atom. The molecule has 2 amide bonds. The summed E-state index contributed by atoms with van der Waals surface area (Å²) in [5.74, 6) is 0.309. The first kappa shape index (κ1) is 20.8. The van der Waals surface area contributed by atoms with Gasteiger partial charge in [-0.15, -0.1) is 0 Å². The summed E-state index contributed by atoms with van der Waals surface area (Å²) in [6, 6.07) is 17.7. The first-order chi connectivity index (χ1) is 15.1.